The third-order valence-corrected chi connectivity index (χ3v) is 10.7. The van der Waals surface area contributed by atoms with E-state index in [4.69, 9.17) is 26.5 Å². The van der Waals surface area contributed by atoms with E-state index in [2.05, 4.69) is 27.7 Å². The van der Waals surface area contributed by atoms with Crippen LogP contribution >= 0.6 is 7.26 Å². The zero-order valence-electron chi connectivity index (χ0n) is 14.3. The summed E-state index contributed by atoms with van der Waals surface area (Å²) in [5.41, 5.74) is 13.0. The molecule has 5 nitrogen and oxygen atoms in total. The maximum Gasteiger partial charge on any atom is 0.503 e. The molecule has 2 atom stereocenters. The average molecular weight is 324 g/mol. The Kier molecular flexibility index (Phi) is 14.5. The molecule has 0 aliphatic heterocycles. The first-order valence-electron chi connectivity index (χ1n) is 8.25. The van der Waals surface area contributed by atoms with E-state index >= 15 is 0 Å². The van der Waals surface area contributed by atoms with Crippen molar-refractivity contribution in [2.24, 2.45) is 11.5 Å². The van der Waals surface area contributed by atoms with Gasteiger partial charge in [0.15, 0.2) is 0 Å². The number of hydrogen-bond donors (Lipinski definition) is 4. The molecule has 0 amide bonds. The summed E-state index contributed by atoms with van der Waals surface area (Å²) in [4.78, 5) is 8.56. The second kappa shape index (κ2) is 13.3. The van der Waals surface area contributed by atoms with Crippen LogP contribution in [0.4, 0.5) is 4.79 Å². The molecule has 0 radical (unpaired) electrons. The van der Waals surface area contributed by atoms with E-state index in [1.807, 2.05) is 0 Å². The molecule has 0 aromatic carbocycles. The van der Waals surface area contributed by atoms with Gasteiger partial charge < -0.3 is 10.2 Å². The van der Waals surface area contributed by atoms with Crippen LogP contribution in [-0.4, -0.2) is 40.3 Å². The van der Waals surface area contributed by atoms with Crippen LogP contribution in [-0.2, 0) is 0 Å². The molecule has 0 rings (SSSR count). The summed E-state index contributed by atoms with van der Waals surface area (Å²) in [5, 5.41) is 13.9. The predicted molar refractivity (Wildman–Crippen MR) is 95.1 cm³/mol. The second-order valence-electron chi connectivity index (χ2n) is 5.75. The Morgan fingerprint density at radius 3 is 1.38 bits per heavy atom. The van der Waals surface area contributed by atoms with Gasteiger partial charge in [0.05, 0.1) is 0 Å². The molecule has 0 aliphatic rings. The van der Waals surface area contributed by atoms with E-state index in [9.17, 15) is 0 Å². The standard InChI is InChI=1S/C14H35N2P.CH2O3/c1-5-9-11-17(12-10-6-2,13(15)7-3)14(16)8-4;2-1(3)4/h13-14,17H,5-12,15-16H2,1-4H3;(H2,2,3,4). The van der Waals surface area contributed by atoms with Gasteiger partial charge in [0.25, 0.3) is 0 Å². The predicted octanol–water partition coefficient (Wildman–Crippen LogP) is 3.95. The summed E-state index contributed by atoms with van der Waals surface area (Å²) in [6.45, 7) is 9.00. The van der Waals surface area contributed by atoms with E-state index in [0.717, 1.165) is 12.8 Å². The monoisotopic (exact) mass is 324 g/mol. The second-order valence-corrected chi connectivity index (χ2v) is 10.7. The molecule has 0 saturated heterocycles. The molecule has 2 unspecified atom stereocenters. The van der Waals surface area contributed by atoms with Gasteiger partial charge in [-0.2, -0.15) is 0 Å². The first kappa shape index (κ1) is 22.9. The molecule has 6 N–H and O–H groups in total. The zero-order valence-corrected chi connectivity index (χ0v) is 15.3. The number of nitrogens with two attached hydrogens (primary N) is 2. The number of unbranched alkanes of at least 4 members (excludes halogenated alkanes) is 2. The molecular weight excluding hydrogens is 287 g/mol. The fourth-order valence-electron chi connectivity index (χ4n) is 2.97. The number of carboxylic acid groups (broad SMARTS) is 2. The van der Waals surface area contributed by atoms with Crippen molar-refractivity contribution in [1.82, 2.24) is 0 Å². The van der Waals surface area contributed by atoms with Crippen molar-refractivity contribution in [2.45, 2.75) is 77.8 Å². The number of carbonyl (C=O) groups is 1. The van der Waals surface area contributed by atoms with Crippen LogP contribution in [0.1, 0.15) is 66.2 Å². The van der Waals surface area contributed by atoms with Gasteiger partial charge in [-0.1, -0.05) is 0 Å². The summed E-state index contributed by atoms with van der Waals surface area (Å²) in [5.74, 6) is 0.797. The Hall–Kier alpha value is -0.380. The van der Waals surface area contributed by atoms with Crippen molar-refractivity contribution in [3.8, 4) is 0 Å². The molecule has 0 aromatic rings. The van der Waals surface area contributed by atoms with Crippen molar-refractivity contribution in [3.63, 3.8) is 0 Å². The maximum atomic E-state index is 8.56. The van der Waals surface area contributed by atoms with Crippen LogP contribution in [0.2, 0.25) is 0 Å². The maximum absolute atomic E-state index is 8.56. The van der Waals surface area contributed by atoms with Gasteiger partial charge in [0, 0.05) is 0 Å². The van der Waals surface area contributed by atoms with Crippen LogP contribution in [0.25, 0.3) is 0 Å². The number of hydrogen-bond acceptors (Lipinski definition) is 3. The van der Waals surface area contributed by atoms with Crippen molar-refractivity contribution in [2.75, 3.05) is 12.3 Å². The van der Waals surface area contributed by atoms with E-state index in [1.165, 1.54) is 38.0 Å². The van der Waals surface area contributed by atoms with Crippen molar-refractivity contribution < 1.29 is 15.0 Å². The molecule has 0 heterocycles. The molecule has 0 aliphatic carbocycles. The van der Waals surface area contributed by atoms with Crippen LogP contribution in [0.5, 0.6) is 0 Å². The molecular formula is C15H37N2O3P. The first-order valence-corrected chi connectivity index (χ1v) is 10.8. The zero-order chi connectivity index (χ0) is 16.9. The molecule has 0 spiro atoms. The van der Waals surface area contributed by atoms with E-state index in [-0.39, 0.29) is 0 Å². The molecule has 21 heavy (non-hydrogen) atoms. The normalized spacial score (nSPS) is 14.8. The Morgan fingerprint density at radius 1 is 0.905 bits per heavy atom. The average Bonchev–Trinajstić information content (AvgIpc) is 2.45. The fourth-order valence-corrected chi connectivity index (χ4v) is 8.90. The minimum atomic E-state index is -1.83. The SMILES string of the molecule is CCCC[PH](CCCC)(C(N)CC)C(N)CC.O=C(O)O. The Labute approximate surface area is 130 Å². The Balaban J connectivity index is 0. The largest absolute Gasteiger partial charge is 0.503 e. The molecule has 6 heteroatoms. The summed E-state index contributed by atoms with van der Waals surface area (Å²) in [7, 11) is -1.49. The van der Waals surface area contributed by atoms with Crippen LogP contribution in [0.3, 0.4) is 0 Å². The number of rotatable bonds is 10. The Bertz CT molecular complexity index is 241. The minimum absolute atomic E-state index is 0.399. The minimum Gasteiger partial charge on any atom is -0.450 e. The van der Waals surface area contributed by atoms with Crippen LogP contribution in [0.15, 0.2) is 0 Å². The molecule has 0 saturated carbocycles. The summed E-state index contributed by atoms with van der Waals surface area (Å²) < 4.78 is 0. The van der Waals surface area contributed by atoms with E-state index in [1.54, 1.807) is 0 Å². The quantitative estimate of drug-likeness (QED) is 0.455. The summed E-state index contributed by atoms with van der Waals surface area (Å²) >= 11 is 0. The van der Waals surface area contributed by atoms with Gasteiger partial charge in [-0.25, -0.2) is 4.79 Å². The molecule has 0 aromatic heterocycles. The van der Waals surface area contributed by atoms with Crippen molar-refractivity contribution in [1.29, 1.82) is 0 Å². The van der Waals surface area contributed by atoms with Crippen molar-refractivity contribution in [3.05, 3.63) is 0 Å². The molecule has 0 bridgehead atoms. The van der Waals surface area contributed by atoms with Gasteiger partial charge in [0.1, 0.15) is 0 Å². The van der Waals surface area contributed by atoms with Crippen molar-refractivity contribution >= 4 is 13.4 Å². The topological polar surface area (TPSA) is 110 Å². The summed E-state index contributed by atoms with van der Waals surface area (Å²) in [6, 6.07) is 0. The smallest absolute Gasteiger partial charge is 0.450 e. The van der Waals surface area contributed by atoms with Gasteiger partial charge in [0.2, 0.25) is 0 Å². The van der Waals surface area contributed by atoms with Gasteiger partial charge in [-0.05, 0) is 0 Å². The van der Waals surface area contributed by atoms with Gasteiger partial charge in [-0.15, -0.1) is 0 Å². The van der Waals surface area contributed by atoms with Gasteiger partial charge >= 0.3 is 115 Å². The molecule has 130 valence electrons. The van der Waals surface area contributed by atoms with Crippen LogP contribution < -0.4 is 11.5 Å². The third-order valence-electron chi connectivity index (χ3n) is 4.35. The molecule has 0 fully saturated rings. The first-order chi connectivity index (χ1) is 9.82. The summed E-state index contributed by atoms with van der Waals surface area (Å²) in [6.07, 6.45) is 8.23. The Morgan fingerprint density at radius 2 is 1.19 bits per heavy atom. The van der Waals surface area contributed by atoms with E-state index in [0.29, 0.717) is 11.6 Å². The van der Waals surface area contributed by atoms with Crippen LogP contribution in [0, 0.1) is 0 Å². The fraction of sp³-hybridized carbons (Fsp3) is 0.933. The van der Waals surface area contributed by atoms with Gasteiger partial charge in [-0.3, -0.25) is 0 Å². The van der Waals surface area contributed by atoms with E-state index < -0.39 is 13.4 Å². The third kappa shape index (κ3) is 9.28.